The first kappa shape index (κ1) is 18.4. The van der Waals surface area contributed by atoms with Gasteiger partial charge in [-0.1, -0.05) is 39.8 Å². The Hall–Kier alpha value is -1.95. The van der Waals surface area contributed by atoms with Gasteiger partial charge >= 0.3 is 0 Å². The highest BCUT2D eigenvalue weighted by Crippen LogP contribution is 2.20. The van der Waals surface area contributed by atoms with Gasteiger partial charge in [-0.2, -0.15) is 0 Å². The lowest BCUT2D eigenvalue weighted by atomic mass is 10.1. The molecule has 0 atom stereocenters. The van der Waals surface area contributed by atoms with Crippen molar-refractivity contribution >= 4 is 15.7 Å². The van der Waals surface area contributed by atoms with E-state index in [0.29, 0.717) is 17.4 Å². The molecule has 0 aliphatic rings. The van der Waals surface area contributed by atoms with E-state index >= 15 is 0 Å². The number of anilines is 1. The second-order valence-electron chi connectivity index (χ2n) is 6.62. The van der Waals surface area contributed by atoms with E-state index in [-0.39, 0.29) is 5.92 Å². The van der Waals surface area contributed by atoms with Gasteiger partial charge in [0.15, 0.2) is 9.84 Å². The number of sulfone groups is 1. The number of aromatic nitrogens is 2. The third-order valence-corrected chi connectivity index (χ3v) is 4.82. The summed E-state index contributed by atoms with van der Waals surface area (Å²) in [4.78, 5) is 9.51. The van der Waals surface area contributed by atoms with Crippen molar-refractivity contribution in [2.45, 2.75) is 51.0 Å². The number of rotatable bonds is 6. The molecule has 1 heterocycles. The smallest absolute Gasteiger partial charge is 0.175 e. The van der Waals surface area contributed by atoms with Crippen LogP contribution in [0.2, 0.25) is 0 Å². The standard InChI is InChI=1S/C18H25N3O2S/c1-12(2)16-10-17(21-18(20-16)13(3)4)19-11-14-6-8-15(9-7-14)24(5,22)23/h6-10,12-13H,11H2,1-5H3,(H,19,20,21). The monoisotopic (exact) mass is 347 g/mol. The molecule has 0 saturated carbocycles. The molecule has 24 heavy (non-hydrogen) atoms. The van der Waals surface area contributed by atoms with Crippen LogP contribution in [0.3, 0.4) is 0 Å². The first-order chi connectivity index (χ1) is 11.2. The Balaban J connectivity index is 2.16. The Bertz CT molecular complexity index is 771. The number of benzene rings is 1. The fourth-order valence-corrected chi connectivity index (χ4v) is 2.81. The third kappa shape index (κ3) is 4.77. The summed E-state index contributed by atoms with van der Waals surface area (Å²) in [5, 5.41) is 3.31. The fraction of sp³-hybridized carbons (Fsp3) is 0.444. The van der Waals surface area contributed by atoms with Crippen molar-refractivity contribution in [2.24, 2.45) is 0 Å². The van der Waals surface area contributed by atoms with Crippen LogP contribution in [0.4, 0.5) is 5.82 Å². The first-order valence-electron chi connectivity index (χ1n) is 8.08. The van der Waals surface area contributed by atoms with Crippen LogP contribution in [0.5, 0.6) is 0 Å². The van der Waals surface area contributed by atoms with E-state index in [1.54, 1.807) is 12.1 Å². The second kappa shape index (κ2) is 7.30. The van der Waals surface area contributed by atoms with E-state index in [1.165, 1.54) is 6.26 Å². The molecule has 0 unspecified atom stereocenters. The number of nitrogens with one attached hydrogen (secondary N) is 1. The van der Waals surface area contributed by atoms with Crippen molar-refractivity contribution < 1.29 is 8.42 Å². The molecule has 1 N–H and O–H groups in total. The predicted molar refractivity (Wildman–Crippen MR) is 97.1 cm³/mol. The average Bonchev–Trinajstić information content (AvgIpc) is 2.52. The van der Waals surface area contributed by atoms with Crippen molar-refractivity contribution in [1.82, 2.24) is 9.97 Å². The van der Waals surface area contributed by atoms with Gasteiger partial charge in [-0.3, -0.25) is 0 Å². The van der Waals surface area contributed by atoms with E-state index in [4.69, 9.17) is 0 Å². The van der Waals surface area contributed by atoms with E-state index < -0.39 is 9.84 Å². The lowest BCUT2D eigenvalue weighted by Gasteiger charge is -2.13. The van der Waals surface area contributed by atoms with Gasteiger partial charge in [-0.25, -0.2) is 18.4 Å². The van der Waals surface area contributed by atoms with Crippen LogP contribution in [0.25, 0.3) is 0 Å². The molecular weight excluding hydrogens is 322 g/mol. The molecule has 0 bridgehead atoms. The summed E-state index contributed by atoms with van der Waals surface area (Å²) in [5.41, 5.74) is 2.02. The normalized spacial score (nSPS) is 12.0. The largest absolute Gasteiger partial charge is 0.366 e. The minimum Gasteiger partial charge on any atom is -0.366 e. The van der Waals surface area contributed by atoms with E-state index in [2.05, 4.69) is 43.0 Å². The molecule has 0 fully saturated rings. The zero-order chi connectivity index (χ0) is 17.9. The van der Waals surface area contributed by atoms with Gasteiger partial charge in [-0.05, 0) is 23.6 Å². The van der Waals surface area contributed by atoms with E-state index in [9.17, 15) is 8.42 Å². The topological polar surface area (TPSA) is 72.0 Å². The minimum atomic E-state index is -3.16. The van der Waals surface area contributed by atoms with Crippen LogP contribution < -0.4 is 5.32 Å². The molecule has 6 heteroatoms. The van der Waals surface area contributed by atoms with Crippen LogP contribution in [0, 0.1) is 0 Å². The van der Waals surface area contributed by atoms with Crippen LogP contribution in [0.1, 0.15) is 56.6 Å². The zero-order valence-electron chi connectivity index (χ0n) is 14.9. The van der Waals surface area contributed by atoms with Crippen LogP contribution in [-0.2, 0) is 16.4 Å². The van der Waals surface area contributed by atoms with E-state index in [0.717, 1.165) is 22.9 Å². The molecule has 0 radical (unpaired) electrons. The van der Waals surface area contributed by atoms with Gasteiger partial charge in [0, 0.05) is 30.5 Å². The zero-order valence-corrected chi connectivity index (χ0v) is 15.7. The maximum absolute atomic E-state index is 11.5. The van der Waals surface area contributed by atoms with Gasteiger partial charge < -0.3 is 5.32 Å². The molecule has 0 saturated heterocycles. The van der Waals surface area contributed by atoms with Gasteiger partial charge in [0.25, 0.3) is 0 Å². The molecule has 0 aliphatic carbocycles. The predicted octanol–water partition coefficient (Wildman–Crippen LogP) is 3.74. The van der Waals surface area contributed by atoms with Crippen molar-refractivity contribution in [1.29, 1.82) is 0 Å². The van der Waals surface area contributed by atoms with Crippen LogP contribution in [-0.4, -0.2) is 24.6 Å². The quantitative estimate of drug-likeness (QED) is 0.862. The van der Waals surface area contributed by atoms with Gasteiger partial charge in [0.1, 0.15) is 11.6 Å². The van der Waals surface area contributed by atoms with Gasteiger partial charge in [-0.15, -0.1) is 0 Å². The Kier molecular flexibility index (Phi) is 5.59. The molecule has 1 aromatic carbocycles. The molecule has 5 nitrogen and oxygen atoms in total. The molecule has 1 aromatic heterocycles. The maximum Gasteiger partial charge on any atom is 0.175 e. The SMILES string of the molecule is CC(C)c1cc(NCc2ccc(S(C)(=O)=O)cc2)nc(C(C)C)n1. The highest BCUT2D eigenvalue weighted by atomic mass is 32.2. The van der Waals surface area contributed by atoms with Crippen molar-refractivity contribution in [2.75, 3.05) is 11.6 Å². The highest BCUT2D eigenvalue weighted by Gasteiger charge is 2.11. The Morgan fingerprint density at radius 3 is 2.12 bits per heavy atom. The van der Waals surface area contributed by atoms with Crippen molar-refractivity contribution in [3.8, 4) is 0 Å². The molecule has 2 rings (SSSR count). The van der Waals surface area contributed by atoms with Gasteiger partial charge in [0.2, 0.25) is 0 Å². The first-order valence-corrected chi connectivity index (χ1v) is 9.97. The van der Waals surface area contributed by atoms with Crippen LogP contribution in [0.15, 0.2) is 35.2 Å². The molecular formula is C18H25N3O2S. The molecule has 0 aliphatic heterocycles. The van der Waals surface area contributed by atoms with E-state index in [1.807, 2.05) is 18.2 Å². The summed E-state index contributed by atoms with van der Waals surface area (Å²) in [6, 6.07) is 8.87. The summed E-state index contributed by atoms with van der Waals surface area (Å²) < 4.78 is 23.0. The summed E-state index contributed by atoms with van der Waals surface area (Å²) >= 11 is 0. The summed E-state index contributed by atoms with van der Waals surface area (Å²) in [5.74, 6) is 2.22. The maximum atomic E-state index is 11.5. The summed E-state index contributed by atoms with van der Waals surface area (Å²) in [6.07, 6.45) is 1.21. The average molecular weight is 347 g/mol. The lowest BCUT2D eigenvalue weighted by Crippen LogP contribution is -2.08. The Morgan fingerprint density at radius 1 is 1.00 bits per heavy atom. The summed E-state index contributed by atoms with van der Waals surface area (Å²) in [7, 11) is -3.16. The number of hydrogen-bond donors (Lipinski definition) is 1. The lowest BCUT2D eigenvalue weighted by molar-refractivity contribution is 0.602. The molecule has 130 valence electrons. The molecule has 2 aromatic rings. The van der Waals surface area contributed by atoms with Gasteiger partial charge in [0.05, 0.1) is 4.90 Å². The third-order valence-electron chi connectivity index (χ3n) is 3.70. The number of nitrogens with zero attached hydrogens (tertiary/aromatic N) is 2. The molecule has 0 spiro atoms. The second-order valence-corrected chi connectivity index (χ2v) is 8.63. The fourth-order valence-electron chi connectivity index (χ4n) is 2.18. The highest BCUT2D eigenvalue weighted by molar-refractivity contribution is 7.90. The Labute approximate surface area is 144 Å². The van der Waals surface area contributed by atoms with Crippen molar-refractivity contribution in [3.63, 3.8) is 0 Å². The molecule has 0 amide bonds. The minimum absolute atomic E-state index is 0.262. The number of hydrogen-bond acceptors (Lipinski definition) is 5. The Morgan fingerprint density at radius 2 is 1.62 bits per heavy atom. The summed E-state index contributed by atoms with van der Waals surface area (Å²) in [6.45, 7) is 8.96. The van der Waals surface area contributed by atoms with Crippen molar-refractivity contribution in [3.05, 3.63) is 47.4 Å². The van der Waals surface area contributed by atoms with Crippen LogP contribution >= 0.6 is 0 Å².